The third kappa shape index (κ3) is 3.14. The van der Waals surface area contributed by atoms with E-state index in [1.807, 2.05) is 24.3 Å². The fourth-order valence-corrected chi connectivity index (χ4v) is 2.24. The largest absolute Gasteiger partial charge is 0.497 e. The van der Waals surface area contributed by atoms with Crippen LogP contribution in [0.15, 0.2) is 48.5 Å². The zero-order chi connectivity index (χ0) is 15.4. The molecule has 5 nitrogen and oxygen atoms in total. The first-order valence-electron chi connectivity index (χ1n) is 7.07. The summed E-state index contributed by atoms with van der Waals surface area (Å²) in [4.78, 5) is 12.1. The summed E-state index contributed by atoms with van der Waals surface area (Å²) in [6.07, 6.45) is -0.204. The second-order valence-corrected chi connectivity index (χ2v) is 4.94. The fourth-order valence-electron chi connectivity index (χ4n) is 2.24. The van der Waals surface area contributed by atoms with E-state index < -0.39 is 0 Å². The van der Waals surface area contributed by atoms with Crippen molar-refractivity contribution in [1.29, 1.82) is 0 Å². The molecule has 2 aromatic carbocycles. The Kier molecular flexibility index (Phi) is 4.14. The molecule has 0 saturated heterocycles. The minimum Gasteiger partial charge on any atom is -0.497 e. The molecule has 22 heavy (non-hydrogen) atoms. The van der Waals surface area contributed by atoms with Crippen LogP contribution in [-0.4, -0.2) is 32.3 Å². The molecule has 0 saturated carbocycles. The van der Waals surface area contributed by atoms with Gasteiger partial charge in [0.25, 0.3) is 5.91 Å². The van der Waals surface area contributed by atoms with Gasteiger partial charge in [-0.1, -0.05) is 18.2 Å². The van der Waals surface area contributed by atoms with E-state index in [-0.39, 0.29) is 12.0 Å². The van der Waals surface area contributed by atoms with Crippen molar-refractivity contribution < 1.29 is 19.0 Å². The molecule has 3 rings (SSSR count). The van der Waals surface area contributed by atoms with Crippen LogP contribution < -0.4 is 19.5 Å². The number of para-hydroxylation sites is 2. The van der Waals surface area contributed by atoms with E-state index in [0.717, 1.165) is 5.75 Å². The molecule has 5 heteroatoms. The number of carbonyl (C=O) groups is 1. The van der Waals surface area contributed by atoms with Gasteiger partial charge < -0.3 is 19.5 Å². The molecule has 0 aromatic heterocycles. The van der Waals surface area contributed by atoms with Gasteiger partial charge in [0.1, 0.15) is 18.5 Å². The van der Waals surface area contributed by atoms with E-state index in [0.29, 0.717) is 30.2 Å². The Morgan fingerprint density at radius 2 is 2.05 bits per heavy atom. The number of amides is 1. The van der Waals surface area contributed by atoms with Crippen molar-refractivity contribution in [2.45, 2.75) is 6.10 Å². The number of hydrogen-bond acceptors (Lipinski definition) is 4. The zero-order valence-corrected chi connectivity index (χ0v) is 12.2. The van der Waals surface area contributed by atoms with Crippen molar-refractivity contribution in [2.75, 3.05) is 20.3 Å². The number of fused-ring (bicyclic) bond motifs is 1. The molecule has 1 atom stereocenters. The first-order chi connectivity index (χ1) is 10.8. The molecule has 2 aromatic rings. The van der Waals surface area contributed by atoms with Crippen LogP contribution in [0.5, 0.6) is 17.2 Å². The van der Waals surface area contributed by atoms with E-state index in [9.17, 15) is 4.79 Å². The Morgan fingerprint density at radius 1 is 1.23 bits per heavy atom. The van der Waals surface area contributed by atoms with Crippen molar-refractivity contribution in [3.05, 3.63) is 54.1 Å². The number of ether oxygens (including phenoxy) is 3. The van der Waals surface area contributed by atoms with Crippen LogP contribution in [0.1, 0.15) is 10.4 Å². The summed E-state index contributed by atoms with van der Waals surface area (Å²) in [5.41, 5.74) is 0.552. The van der Waals surface area contributed by atoms with Gasteiger partial charge >= 0.3 is 0 Å². The molecule has 1 heterocycles. The van der Waals surface area contributed by atoms with Gasteiger partial charge in [-0.25, -0.2) is 0 Å². The Morgan fingerprint density at radius 3 is 2.86 bits per heavy atom. The maximum atomic E-state index is 12.1. The summed E-state index contributed by atoms with van der Waals surface area (Å²) >= 11 is 0. The maximum Gasteiger partial charge on any atom is 0.251 e. The normalized spacial score (nSPS) is 16.0. The smallest absolute Gasteiger partial charge is 0.251 e. The maximum absolute atomic E-state index is 12.1. The van der Waals surface area contributed by atoms with Crippen LogP contribution in [0.3, 0.4) is 0 Å². The van der Waals surface area contributed by atoms with Gasteiger partial charge in [-0.05, 0) is 30.3 Å². The molecule has 0 radical (unpaired) electrons. The summed E-state index contributed by atoms with van der Waals surface area (Å²) in [5.74, 6) is 1.92. The number of hydrogen-bond donors (Lipinski definition) is 1. The minimum absolute atomic E-state index is 0.165. The second-order valence-electron chi connectivity index (χ2n) is 4.94. The Labute approximate surface area is 128 Å². The first-order valence-corrected chi connectivity index (χ1v) is 7.07. The number of rotatable bonds is 4. The van der Waals surface area contributed by atoms with Gasteiger partial charge in [-0.2, -0.15) is 0 Å². The molecule has 0 spiro atoms. The van der Waals surface area contributed by atoms with Crippen molar-refractivity contribution in [2.24, 2.45) is 0 Å². The van der Waals surface area contributed by atoms with Gasteiger partial charge in [0.15, 0.2) is 11.5 Å². The summed E-state index contributed by atoms with van der Waals surface area (Å²) in [5, 5.41) is 2.85. The third-order valence-electron chi connectivity index (χ3n) is 3.39. The van der Waals surface area contributed by atoms with E-state index in [2.05, 4.69) is 5.32 Å². The highest BCUT2D eigenvalue weighted by Gasteiger charge is 2.21. The van der Waals surface area contributed by atoms with Crippen LogP contribution in [0.2, 0.25) is 0 Å². The van der Waals surface area contributed by atoms with Gasteiger partial charge in [0.05, 0.1) is 13.7 Å². The van der Waals surface area contributed by atoms with E-state index in [1.54, 1.807) is 31.4 Å². The van der Waals surface area contributed by atoms with Crippen molar-refractivity contribution in [3.8, 4) is 17.2 Å². The SMILES string of the molecule is COc1cccc(C(=O)NC[C@@H]2COc3ccccc3O2)c1. The highest BCUT2D eigenvalue weighted by molar-refractivity contribution is 5.94. The number of benzene rings is 2. The summed E-state index contributed by atoms with van der Waals surface area (Å²) in [7, 11) is 1.57. The first kappa shape index (κ1) is 14.3. The number of nitrogens with one attached hydrogen (secondary N) is 1. The van der Waals surface area contributed by atoms with Crippen LogP contribution in [0.25, 0.3) is 0 Å². The summed E-state index contributed by atoms with van der Waals surface area (Å²) in [6.45, 7) is 0.791. The molecule has 0 aliphatic carbocycles. The van der Waals surface area contributed by atoms with Crippen LogP contribution >= 0.6 is 0 Å². The Bertz CT molecular complexity index is 671. The van der Waals surface area contributed by atoms with Gasteiger partial charge in [0, 0.05) is 5.56 Å². The van der Waals surface area contributed by atoms with Crippen LogP contribution in [0.4, 0.5) is 0 Å². The number of methoxy groups -OCH3 is 1. The standard InChI is InChI=1S/C17H17NO4/c1-20-13-6-4-5-12(9-13)17(19)18-10-14-11-21-15-7-2-3-8-16(15)22-14/h2-9,14H,10-11H2,1H3,(H,18,19)/t14-/m1/s1. The molecule has 1 aliphatic heterocycles. The second kappa shape index (κ2) is 6.39. The number of carbonyl (C=O) groups excluding carboxylic acids is 1. The fraction of sp³-hybridized carbons (Fsp3) is 0.235. The lowest BCUT2D eigenvalue weighted by Gasteiger charge is -2.26. The van der Waals surface area contributed by atoms with Crippen LogP contribution in [-0.2, 0) is 0 Å². The molecular weight excluding hydrogens is 282 g/mol. The van der Waals surface area contributed by atoms with E-state index in [1.165, 1.54) is 0 Å². The van der Waals surface area contributed by atoms with Crippen molar-refractivity contribution >= 4 is 5.91 Å². The topological polar surface area (TPSA) is 56.8 Å². The Balaban J connectivity index is 1.58. The molecule has 1 amide bonds. The lowest BCUT2D eigenvalue weighted by atomic mass is 10.2. The average Bonchev–Trinajstić information content (AvgIpc) is 2.59. The quantitative estimate of drug-likeness (QED) is 0.941. The van der Waals surface area contributed by atoms with Gasteiger partial charge in [0.2, 0.25) is 0 Å². The molecule has 0 unspecified atom stereocenters. The summed E-state index contributed by atoms with van der Waals surface area (Å²) in [6, 6.07) is 14.5. The predicted molar refractivity (Wildman–Crippen MR) is 81.7 cm³/mol. The summed E-state index contributed by atoms with van der Waals surface area (Å²) < 4.78 is 16.5. The van der Waals surface area contributed by atoms with E-state index in [4.69, 9.17) is 14.2 Å². The van der Waals surface area contributed by atoms with Crippen molar-refractivity contribution in [3.63, 3.8) is 0 Å². The van der Waals surface area contributed by atoms with Gasteiger partial charge in [-0.3, -0.25) is 4.79 Å². The molecule has 1 N–H and O–H groups in total. The Hall–Kier alpha value is -2.69. The molecule has 1 aliphatic rings. The molecule has 0 fully saturated rings. The lowest BCUT2D eigenvalue weighted by molar-refractivity contribution is 0.0789. The van der Waals surface area contributed by atoms with Crippen molar-refractivity contribution in [1.82, 2.24) is 5.32 Å². The highest BCUT2D eigenvalue weighted by Crippen LogP contribution is 2.30. The third-order valence-corrected chi connectivity index (χ3v) is 3.39. The molecule has 114 valence electrons. The molecule has 0 bridgehead atoms. The van der Waals surface area contributed by atoms with Crippen LogP contribution in [0, 0.1) is 0 Å². The van der Waals surface area contributed by atoms with Gasteiger partial charge in [-0.15, -0.1) is 0 Å². The predicted octanol–water partition coefficient (Wildman–Crippen LogP) is 2.27. The zero-order valence-electron chi connectivity index (χ0n) is 12.2. The molecular formula is C17H17NO4. The van der Waals surface area contributed by atoms with E-state index >= 15 is 0 Å². The monoisotopic (exact) mass is 299 g/mol. The average molecular weight is 299 g/mol. The minimum atomic E-state index is -0.204. The highest BCUT2D eigenvalue weighted by atomic mass is 16.6. The lowest BCUT2D eigenvalue weighted by Crippen LogP contribution is -2.40.